The lowest BCUT2D eigenvalue weighted by molar-refractivity contribution is -0.169. The number of thioether (sulfide) groups is 1. The zero-order chi connectivity index (χ0) is 62.8. The number of pyridine rings is 2. The molecule has 0 saturated heterocycles. The second-order valence-electron chi connectivity index (χ2n) is 22.0. The molecule has 3 aromatic carbocycles. The largest absolute Gasteiger partial charge is 0.458 e. The summed E-state index contributed by atoms with van der Waals surface area (Å²) in [6.45, 7) is 1.98. The van der Waals surface area contributed by atoms with Crippen LogP contribution in [0.2, 0.25) is 0 Å². The van der Waals surface area contributed by atoms with Crippen LogP contribution in [0, 0.1) is 12.7 Å². The highest BCUT2D eigenvalue weighted by atomic mass is 32.2. The number of hydrogen-bond acceptors (Lipinski definition) is 16. The van der Waals surface area contributed by atoms with Gasteiger partial charge in [0.25, 0.3) is 17.4 Å². The first-order chi connectivity index (χ1) is 42.2. The second kappa shape index (κ2) is 28.0. The fourth-order valence-corrected chi connectivity index (χ4v) is 11.8. The van der Waals surface area contributed by atoms with E-state index in [4.69, 9.17) is 14.5 Å². The Hall–Kier alpha value is -9.30. The number of nitrogens with zero attached hydrogens (tertiary/aromatic N) is 4. The number of hydrogen-bond donors (Lipinski definition) is 7. The van der Waals surface area contributed by atoms with Crippen molar-refractivity contribution in [2.45, 2.75) is 103 Å². The summed E-state index contributed by atoms with van der Waals surface area (Å²) >= 11 is 1.48. The van der Waals surface area contributed by atoms with Gasteiger partial charge in [0.2, 0.25) is 35.4 Å². The highest BCUT2D eigenvalue weighted by Gasteiger charge is 2.44. The lowest BCUT2D eigenvalue weighted by Crippen LogP contribution is -2.52. The van der Waals surface area contributed by atoms with Crippen molar-refractivity contribution >= 4 is 87.7 Å². The summed E-state index contributed by atoms with van der Waals surface area (Å²) in [6, 6.07) is 16.7. The molecule has 462 valence electrons. The first-order valence-electron chi connectivity index (χ1n) is 28.8. The number of amides is 9. The molecule has 0 radical (unpaired) electrons. The molecule has 5 aromatic rings. The van der Waals surface area contributed by atoms with Gasteiger partial charge in [0, 0.05) is 91.3 Å². The molecule has 0 bridgehead atoms. The number of fused-ring (bicyclic) bond motifs is 5. The average molecular weight is 1230 g/mol. The maximum absolute atomic E-state index is 15.4. The van der Waals surface area contributed by atoms with Gasteiger partial charge < -0.3 is 55.9 Å². The van der Waals surface area contributed by atoms with E-state index in [-0.39, 0.29) is 74.4 Å². The number of cyclic esters (lactones) is 1. The second-order valence-corrected chi connectivity index (χ2v) is 23.2. The van der Waals surface area contributed by atoms with E-state index in [1.807, 2.05) is 0 Å². The zero-order valence-electron chi connectivity index (χ0n) is 48.7. The van der Waals surface area contributed by atoms with Crippen molar-refractivity contribution in [1.29, 1.82) is 0 Å². The highest BCUT2D eigenvalue weighted by molar-refractivity contribution is 7.99. The lowest BCUT2D eigenvalue weighted by Gasteiger charge is -2.30. The van der Waals surface area contributed by atoms with Crippen LogP contribution in [0.3, 0.4) is 0 Å². The van der Waals surface area contributed by atoms with Gasteiger partial charge in [-0.1, -0.05) is 48.9 Å². The van der Waals surface area contributed by atoms with Gasteiger partial charge in [-0.3, -0.25) is 48.1 Å². The molecule has 1 aliphatic carbocycles. The van der Waals surface area contributed by atoms with Gasteiger partial charge >= 0.3 is 12.1 Å². The van der Waals surface area contributed by atoms with Gasteiger partial charge in [-0.05, 0) is 85.5 Å². The van der Waals surface area contributed by atoms with Crippen LogP contribution in [0.4, 0.5) is 14.9 Å². The summed E-state index contributed by atoms with van der Waals surface area (Å²) in [5, 5.41) is 27.7. The first kappa shape index (κ1) is 63.2. The molecule has 0 unspecified atom stereocenters. The van der Waals surface area contributed by atoms with Crippen molar-refractivity contribution in [2.75, 3.05) is 56.6 Å². The van der Waals surface area contributed by atoms with E-state index >= 15 is 4.39 Å². The number of unbranched alkanes of at least 4 members (excludes halogenated alkanes) is 2. The van der Waals surface area contributed by atoms with Crippen LogP contribution in [-0.4, -0.2) is 141 Å². The van der Waals surface area contributed by atoms with E-state index in [9.17, 15) is 57.8 Å². The average Bonchev–Trinajstić information content (AvgIpc) is 1.50. The molecule has 0 spiro atoms. The van der Waals surface area contributed by atoms with E-state index in [0.29, 0.717) is 95.0 Å². The van der Waals surface area contributed by atoms with Gasteiger partial charge in [0.15, 0.2) is 5.60 Å². The minimum atomic E-state index is -2.06. The minimum absolute atomic E-state index is 0.0677. The molecular weight excluding hydrogens is 1160 g/mol. The molecule has 24 nitrogen and oxygen atoms in total. The molecule has 9 rings (SSSR count). The smallest absolute Gasteiger partial charge is 0.409 e. The maximum Gasteiger partial charge on any atom is 0.409 e. The van der Waals surface area contributed by atoms with Gasteiger partial charge in [-0.2, -0.15) is 11.8 Å². The Morgan fingerprint density at radius 2 is 1.55 bits per heavy atom. The number of anilines is 1. The molecule has 5 heterocycles. The van der Waals surface area contributed by atoms with Crippen LogP contribution in [0.15, 0.2) is 83.7 Å². The lowest BCUT2D eigenvalue weighted by atomic mass is 9.81. The monoisotopic (exact) mass is 1230 g/mol. The quantitative estimate of drug-likeness (QED) is 0.0233. The van der Waals surface area contributed by atoms with E-state index in [2.05, 4.69) is 31.9 Å². The van der Waals surface area contributed by atoms with Crippen molar-refractivity contribution in [3.63, 3.8) is 0 Å². The third-order valence-corrected chi connectivity index (χ3v) is 16.7. The van der Waals surface area contributed by atoms with Gasteiger partial charge in [0.05, 0.1) is 54.7 Å². The molecule has 26 heteroatoms. The van der Waals surface area contributed by atoms with Crippen molar-refractivity contribution in [1.82, 2.24) is 45.9 Å². The summed E-state index contributed by atoms with van der Waals surface area (Å²) in [7, 11) is 1.59. The normalized spacial score (nSPS) is 16.4. The Morgan fingerprint density at radius 3 is 2.30 bits per heavy atom. The topological polar surface area (TPSA) is 323 Å². The maximum atomic E-state index is 15.4. The summed E-state index contributed by atoms with van der Waals surface area (Å²) < 4.78 is 27.5. The van der Waals surface area contributed by atoms with Gasteiger partial charge in [-0.15, -0.1) is 0 Å². The minimum Gasteiger partial charge on any atom is -0.458 e. The Kier molecular flexibility index (Phi) is 20.1. The molecule has 3 aliphatic heterocycles. The molecule has 88 heavy (non-hydrogen) atoms. The fourth-order valence-electron chi connectivity index (χ4n) is 10.9. The van der Waals surface area contributed by atoms with Crippen LogP contribution >= 0.6 is 11.8 Å². The number of ether oxygens (including phenoxy) is 2. The summed E-state index contributed by atoms with van der Waals surface area (Å²) in [5.41, 5.74) is 3.39. The molecule has 2 aromatic heterocycles. The van der Waals surface area contributed by atoms with E-state index in [0.717, 1.165) is 21.4 Å². The predicted octanol–water partition coefficient (Wildman–Crippen LogP) is 3.13. The van der Waals surface area contributed by atoms with Crippen molar-refractivity contribution in [2.24, 2.45) is 0 Å². The number of nitrogens with one attached hydrogen (secondary N) is 6. The van der Waals surface area contributed by atoms with E-state index in [1.54, 1.807) is 74.6 Å². The molecule has 9 amide bonds. The summed E-state index contributed by atoms with van der Waals surface area (Å²) in [5.74, 6) is -4.26. The molecule has 0 fully saturated rings. The number of aliphatic hydroxyl groups is 1. The number of halogens is 1. The van der Waals surface area contributed by atoms with Crippen LogP contribution in [-0.2, 0) is 90.8 Å². The predicted molar refractivity (Wildman–Crippen MR) is 319 cm³/mol. The van der Waals surface area contributed by atoms with Crippen LogP contribution < -0.4 is 37.5 Å². The Morgan fingerprint density at radius 1 is 0.830 bits per heavy atom. The zero-order valence-corrected chi connectivity index (χ0v) is 49.5. The Balaban J connectivity index is 0.672. The number of imide groups is 1. The Bertz CT molecular complexity index is 3690. The number of carbonyl (C=O) groups is 10. The number of carbonyl (C=O) groups excluding carboxylic acids is 10. The number of aryl methyl sites for hydroxylation is 1. The van der Waals surface area contributed by atoms with E-state index in [1.165, 1.54) is 46.4 Å². The number of aromatic nitrogens is 2. The third-order valence-electron chi connectivity index (χ3n) is 15.7. The number of rotatable bonds is 26. The van der Waals surface area contributed by atoms with Crippen molar-refractivity contribution < 1.29 is 66.9 Å². The third kappa shape index (κ3) is 14.9. The van der Waals surface area contributed by atoms with Crippen LogP contribution in [0.25, 0.3) is 22.3 Å². The molecule has 0 saturated carbocycles. The van der Waals surface area contributed by atoms with Gasteiger partial charge in [0.1, 0.15) is 25.1 Å². The summed E-state index contributed by atoms with van der Waals surface area (Å²) in [4.78, 5) is 148. The van der Waals surface area contributed by atoms with Gasteiger partial charge in [-0.25, -0.2) is 19.0 Å². The van der Waals surface area contributed by atoms with Crippen molar-refractivity contribution in [3.8, 4) is 11.4 Å². The highest BCUT2D eigenvalue weighted by Crippen LogP contribution is 2.46. The standard InChI is InChI=1S/C62H67FN10O14S/c1-35-39-17-18-44(56-40-32-73-47(57(40)70-45(55(39)56)28-43(35)63)27-42-41(59(73)82)34-86-60(83)62(42,2)85)68-49(75)21-24-88-25-23-71(3)61(84)87-33-37-13-15-38(16-14-37)67-51(77)31-66-58(81)46(26-36-10-6-4-7-11-36)69-52(78)30-65-50(76)29-64-48(74)12-8-5-9-22-72-53(79)19-20-54(72)80/h4,6-7,10-11,13-16,19-20,27-28,44,46,85H,5,8-9,12,17-18,21-26,29-34H2,1-3H3,(H,64,74)(H,65,76)(H,66,81)(H,67,77)(H,68,75)(H,69,78)/t44-,46-,62-/m0/s1. The van der Waals surface area contributed by atoms with Crippen LogP contribution in [0.5, 0.6) is 0 Å². The summed E-state index contributed by atoms with van der Waals surface area (Å²) in [6.07, 6.45) is 4.72. The number of benzene rings is 3. The number of esters is 1. The molecule has 3 atom stereocenters. The SMILES string of the molecule is Cc1c(F)cc2nc3c(c4c2c1CC[C@@H]4NC(=O)CCSCCN(C)C(=O)OCc1ccc(NC(=O)CNC(=O)[C@H](Cc2ccccc2)NC(=O)CNC(=O)CNC(=O)CCCCCN2C(=O)C=CC2=O)cc1)Cn1c-3cc2c(c1=O)COC(=O)[C@@]2(C)O. The molecule has 4 aliphatic rings. The fraction of sp³-hybridized carbons (Fsp3) is 0.387. The van der Waals surface area contributed by atoms with Crippen LogP contribution in [0.1, 0.15) is 96.0 Å². The van der Waals surface area contributed by atoms with Crippen molar-refractivity contribution in [3.05, 3.63) is 140 Å². The first-order valence-corrected chi connectivity index (χ1v) is 30.0. The Labute approximate surface area is 508 Å². The molecular formula is C62H67FN10O14S. The van der Waals surface area contributed by atoms with E-state index < -0.39 is 90.3 Å². The molecule has 7 N–H and O–H groups in total.